The predicted molar refractivity (Wildman–Crippen MR) is 54.3 cm³/mol. The van der Waals surface area contributed by atoms with Gasteiger partial charge in [0, 0.05) is 5.75 Å². The van der Waals surface area contributed by atoms with Crippen LogP contribution in [0.15, 0.2) is 29.2 Å². The lowest BCUT2D eigenvalue weighted by Crippen LogP contribution is -1.97. The number of phenols is 1. The first kappa shape index (κ1) is 10.3. The van der Waals surface area contributed by atoms with Crippen molar-refractivity contribution in [1.82, 2.24) is 0 Å². The zero-order chi connectivity index (χ0) is 9.68. The maximum Gasteiger partial charge on any atom is 0.131 e. The van der Waals surface area contributed by atoms with E-state index < -0.39 is 10.8 Å². The highest BCUT2D eigenvalue weighted by atomic mass is 32.2. The Balaban J connectivity index is 2.71. The van der Waals surface area contributed by atoms with Gasteiger partial charge in [0.05, 0.1) is 15.7 Å². The average molecular weight is 198 g/mol. The topological polar surface area (TPSA) is 37.3 Å². The minimum atomic E-state index is -1.04. The summed E-state index contributed by atoms with van der Waals surface area (Å²) in [6.07, 6.45) is 1.96. The molecule has 0 aliphatic heterocycles. The first-order valence-electron chi connectivity index (χ1n) is 4.42. The number of unbranched alkanes of at least 4 members (excludes halogenated alkanes) is 1. The summed E-state index contributed by atoms with van der Waals surface area (Å²) in [6, 6.07) is 6.80. The monoisotopic (exact) mass is 198 g/mol. The van der Waals surface area contributed by atoms with Crippen LogP contribution in [0.1, 0.15) is 19.8 Å². The molecule has 0 amide bonds. The van der Waals surface area contributed by atoms with E-state index in [1.165, 1.54) is 0 Å². The first-order chi connectivity index (χ1) is 6.25. The molecule has 0 radical (unpaired) electrons. The smallest absolute Gasteiger partial charge is 0.131 e. The molecule has 0 bridgehead atoms. The molecule has 1 rings (SSSR count). The fourth-order valence-corrected chi connectivity index (χ4v) is 2.34. The lowest BCUT2D eigenvalue weighted by atomic mass is 10.3. The van der Waals surface area contributed by atoms with Crippen molar-refractivity contribution in [3.05, 3.63) is 24.3 Å². The Labute approximate surface area is 81.1 Å². The summed E-state index contributed by atoms with van der Waals surface area (Å²) in [7, 11) is -1.04. The van der Waals surface area contributed by atoms with Crippen molar-refractivity contribution < 1.29 is 9.32 Å². The molecule has 1 aromatic rings. The van der Waals surface area contributed by atoms with Crippen molar-refractivity contribution in [2.24, 2.45) is 0 Å². The number of para-hydroxylation sites is 1. The lowest BCUT2D eigenvalue weighted by molar-refractivity contribution is 0.461. The SMILES string of the molecule is CCCCS(=O)c1ccccc1O. The Morgan fingerprint density at radius 2 is 2.08 bits per heavy atom. The molecule has 0 aliphatic rings. The number of phenolic OH excluding ortho intramolecular Hbond substituents is 1. The molecule has 0 saturated heterocycles. The summed E-state index contributed by atoms with van der Waals surface area (Å²) in [5.41, 5.74) is 0. The highest BCUT2D eigenvalue weighted by molar-refractivity contribution is 7.85. The van der Waals surface area contributed by atoms with Gasteiger partial charge in [0.15, 0.2) is 0 Å². The summed E-state index contributed by atoms with van der Waals surface area (Å²) in [5.74, 6) is 0.769. The molecular formula is C10H14O2S. The van der Waals surface area contributed by atoms with Gasteiger partial charge in [-0.2, -0.15) is 0 Å². The van der Waals surface area contributed by atoms with Gasteiger partial charge in [-0.1, -0.05) is 25.5 Å². The Kier molecular flexibility index (Phi) is 3.96. The number of rotatable bonds is 4. The normalized spacial score (nSPS) is 12.7. The molecule has 2 nitrogen and oxygen atoms in total. The summed E-state index contributed by atoms with van der Waals surface area (Å²) < 4.78 is 11.6. The van der Waals surface area contributed by atoms with Gasteiger partial charge in [0.25, 0.3) is 0 Å². The fourth-order valence-electron chi connectivity index (χ4n) is 1.04. The Bertz CT molecular complexity index is 297. The van der Waals surface area contributed by atoms with Crippen molar-refractivity contribution in [3.63, 3.8) is 0 Å². The number of aromatic hydroxyl groups is 1. The van der Waals surface area contributed by atoms with Crippen LogP contribution in [0.3, 0.4) is 0 Å². The third-order valence-corrected chi connectivity index (χ3v) is 3.29. The minimum Gasteiger partial charge on any atom is -0.507 e. The molecule has 1 aromatic carbocycles. The van der Waals surface area contributed by atoms with E-state index >= 15 is 0 Å². The average Bonchev–Trinajstić information content (AvgIpc) is 2.15. The van der Waals surface area contributed by atoms with Crippen LogP contribution in [-0.4, -0.2) is 15.1 Å². The van der Waals surface area contributed by atoms with E-state index in [1.54, 1.807) is 24.3 Å². The van der Waals surface area contributed by atoms with Gasteiger partial charge in [-0.15, -0.1) is 0 Å². The van der Waals surface area contributed by atoms with Gasteiger partial charge in [-0.25, -0.2) is 0 Å². The fraction of sp³-hybridized carbons (Fsp3) is 0.400. The third kappa shape index (κ3) is 2.84. The van der Waals surface area contributed by atoms with Crippen LogP contribution in [-0.2, 0) is 10.8 Å². The Morgan fingerprint density at radius 1 is 1.38 bits per heavy atom. The molecule has 1 N–H and O–H groups in total. The van der Waals surface area contributed by atoms with Crippen LogP contribution in [0.5, 0.6) is 5.75 Å². The molecule has 1 unspecified atom stereocenters. The lowest BCUT2D eigenvalue weighted by Gasteiger charge is -2.02. The molecule has 72 valence electrons. The summed E-state index contributed by atoms with van der Waals surface area (Å²) >= 11 is 0. The van der Waals surface area contributed by atoms with Crippen LogP contribution >= 0.6 is 0 Å². The second kappa shape index (κ2) is 5.02. The number of benzene rings is 1. The van der Waals surface area contributed by atoms with E-state index in [2.05, 4.69) is 6.92 Å². The molecule has 0 saturated carbocycles. The molecular weight excluding hydrogens is 184 g/mol. The first-order valence-corrected chi connectivity index (χ1v) is 5.74. The molecule has 0 fully saturated rings. The molecule has 1 atom stereocenters. The quantitative estimate of drug-likeness (QED) is 0.806. The van der Waals surface area contributed by atoms with Gasteiger partial charge in [0.2, 0.25) is 0 Å². The summed E-state index contributed by atoms with van der Waals surface area (Å²) in [4.78, 5) is 0.552. The largest absolute Gasteiger partial charge is 0.507 e. The minimum absolute atomic E-state index is 0.136. The summed E-state index contributed by atoms with van der Waals surface area (Å²) in [5, 5.41) is 9.39. The van der Waals surface area contributed by atoms with Gasteiger partial charge in [0.1, 0.15) is 5.75 Å². The van der Waals surface area contributed by atoms with E-state index in [0.29, 0.717) is 10.6 Å². The summed E-state index contributed by atoms with van der Waals surface area (Å²) in [6.45, 7) is 2.06. The number of hydrogen-bond donors (Lipinski definition) is 1. The van der Waals surface area contributed by atoms with Gasteiger partial charge in [-0.3, -0.25) is 4.21 Å². The van der Waals surface area contributed by atoms with Crippen molar-refractivity contribution >= 4 is 10.8 Å². The molecule has 13 heavy (non-hydrogen) atoms. The van der Waals surface area contributed by atoms with Crippen LogP contribution in [0.4, 0.5) is 0 Å². The molecule has 3 heteroatoms. The maximum atomic E-state index is 11.6. The predicted octanol–water partition coefficient (Wildman–Crippen LogP) is 2.30. The number of hydrogen-bond acceptors (Lipinski definition) is 2. The highest BCUT2D eigenvalue weighted by Crippen LogP contribution is 2.20. The van der Waals surface area contributed by atoms with Crippen LogP contribution in [0, 0.1) is 0 Å². The highest BCUT2D eigenvalue weighted by Gasteiger charge is 2.06. The molecule has 0 aliphatic carbocycles. The van der Waals surface area contributed by atoms with Crippen molar-refractivity contribution in [3.8, 4) is 5.75 Å². The Hall–Kier alpha value is -0.830. The standard InChI is InChI=1S/C10H14O2S/c1-2-3-8-13(12)10-7-5-4-6-9(10)11/h4-7,11H,2-3,8H2,1H3. The van der Waals surface area contributed by atoms with E-state index in [4.69, 9.17) is 0 Å². The van der Waals surface area contributed by atoms with E-state index in [1.807, 2.05) is 0 Å². The van der Waals surface area contributed by atoms with E-state index in [-0.39, 0.29) is 5.75 Å². The van der Waals surface area contributed by atoms with Crippen LogP contribution in [0.25, 0.3) is 0 Å². The van der Waals surface area contributed by atoms with Crippen molar-refractivity contribution in [1.29, 1.82) is 0 Å². The Morgan fingerprint density at radius 3 is 2.69 bits per heavy atom. The second-order valence-electron chi connectivity index (χ2n) is 2.87. The maximum absolute atomic E-state index is 11.6. The van der Waals surface area contributed by atoms with Gasteiger partial charge < -0.3 is 5.11 Å². The van der Waals surface area contributed by atoms with Crippen LogP contribution in [0.2, 0.25) is 0 Å². The van der Waals surface area contributed by atoms with Crippen molar-refractivity contribution in [2.75, 3.05) is 5.75 Å². The third-order valence-electron chi connectivity index (χ3n) is 1.79. The second-order valence-corrected chi connectivity index (χ2v) is 4.41. The van der Waals surface area contributed by atoms with Gasteiger partial charge in [-0.05, 0) is 18.6 Å². The zero-order valence-electron chi connectivity index (χ0n) is 7.69. The van der Waals surface area contributed by atoms with Crippen LogP contribution < -0.4 is 0 Å². The van der Waals surface area contributed by atoms with Crippen molar-refractivity contribution in [2.45, 2.75) is 24.7 Å². The van der Waals surface area contributed by atoms with E-state index in [0.717, 1.165) is 12.8 Å². The van der Waals surface area contributed by atoms with Gasteiger partial charge >= 0.3 is 0 Å². The van der Waals surface area contributed by atoms with E-state index in [9.17, 15) is 9.32 Å². The molecule has 0 spiro atoms. The molecule has 0 aromatic heterocycles. The molecule has 0 heterocycles. The zero-order valence-corrected chi connectivity index (χ0v) is 8.51.